The number of piperidine rings is 1. The summed E-state index contributed by atoms with van der Waals surface area (Å²) in [6.45, 7) is 2.76. The van der Waals surface area contributed by atoms with Crippen LogP contribution in [0.1, 0.15) is 55.8 Å². The van der Waals surface area contributed by atoms with E-state index in [4.69, 9.17) is 0 Å². The molecule has 1 aromatic rings. The second-order valence-corrected chi connectivity index (χ2v) is 10.7. The van der Waals surface area contributed by atoms with Gasteiger partial charge in [-0.15, -0.1) is 0 Å². The van der Waals surface area contributed by atoms with E-state index in [-0.39, 0.29) is 28.0 Å². The van der Waals surface area contributed by atoms with Crippen molar-refractivity contribution in [2.75, 3.05) is 33.7 Å². The number of hydrogen-bond acceptors (Lipinski definition) is 5. The molecule has 0 radical (unpaired) electrons. The highest BCUT2D eigenvalue weighted by Crippen LogP contribution is 2.33. The van der Waals surface area contributed by atoms with E-state index in [1.807, 2.05) is 0 Å². The number of sulfonamides is 1. The van der Waals surface area contributed by atoms with Crippen LogP contribution in [0, 0.1) is 5.92 Å². The van der Waals surface area contributed by atoms with Crippen molar-refractivity contribution in [3.05, 3.63) is 29.8 Å². The van der Waals surface area contributed by atoms with Gasteiger partial charge in [-0.25, -0.2) is 8.42 Å². The highest BCUT2D eigenvalue weighted by Gasteiger charge is 2.37. The molecular weight excluding hydrogens is 402 g/mol. The molecule has 7 nitrogen and oxygen atoms in total. The molecule has 1 saturated heterocycles. The summed E-state index contributed by atoms with van der Waals surface area (Å²) < 4.78 is 27.2. The number of carbonyl (C=O) groups is 2. The van der Waals surface area contributed by atoms with Crippen LogP contribution in [0.3, 0.4) is 0 Å². The van der Waals surface area contributed by atoms with Gasteiger partial charge in [0.2, 0.25) is 15.9 Å². The number of nitrogens with zero attached hydrogens (tertiary/aromatic N) is 2. The molecule has 1 saturated carbocycles. The van der Waals surface area contributed by atoms with Gasteiger partial charge in [-0.05, 0) is 58.8 Å². The molecule has 1 aliphatic heterocycles. The Morgan fingerprint density at radius 3 is 2.17 bits per heavy atom. The van der Waals surface area contributed by atoms with Crippen LogP contribution in [0.2, 0.25) is 0 Å². The number of nitrogens with one attached hydrogen (secondary N) is 1. The lowest BCUT2D eigenvalue weighted by molar-refractivity contribution is -0.126. The maximum atomic E-state index is 12.9. The number of amides is 1. The minimum Gasteiger partial charge on any atom is -0.354 e. The van der Waals surface area contributed by atoms with Crippen molar-refractivity contribution in [2.45, 2.75) is 55.9 Å². The Balaban J connectivity index is 1.56. The van der Waals surface area contributed by atoms with E-state index < -0.39 is 10.0 Å². The lowest BCUT2D eigenvalue weighted by atomic mass is 9.94. The maximum Gasteiger partial charge on any atom is 0.243 e. The van der Waals surface area contributed by atoms with Gasteiger partial charge in [-0.2, -0.15) is 4.31 Å². The highest BCUT2D eigenvalue weighted by atomic mass is 32.2. The first kappa shape index (κ1) is 22.9. The zero-order chi connectivity index (χ0) is 21.9. The number of ketones is 1. The lowest BCUT2D eigenvalue weighted by Crippen LogP contribution is -2.52. The lowest BCUT2D eigenvalue weighted by Gasteiger charge is -2.37. The minimum absolute atomic E-state index is 0.0333. The Labute approximate surface area is 179 Å². The summed E-state index contributed by atoms with van der Waals surface area (Å²) in [5.74, 6) is -0.220. The summed E-state index contributed by atoms with van der Waals surface area (Å²) in [6.07, 6.45) is 5.62. The molecule has 1 heterocycles. The molecule has 8 heteroatoms. The number of rotatable bonds is 7. The van der Waals surface area contributed by atoms with Crippen molar-refractivity contribution in [3.63, 3.8) is 0 Å². The highest BCUT2D eigenvalue weighted by molar-refractivity contribution is 7.89. The third-order valence-electron chi connectivity index (χ3n) is 6.80. The number of likely N-dealkylation sites (N-methyl/N-ethyl adjacent to an activating group) is 1. The molecule has 0 atom stereocenters. The van der Waals surface area contributed by atoms with Crippen molar-refractivity contribution in [1.29, 1.82) is 0 Å². The third-order valence-corrected chi connectivity index (χ3v) is 8.71. The Morgan fingerprint density at radius 2 is 1.67 bits per heavy atom. The predicted octanol–water partition coefficient (Wildman–Crippen LogP) is 2.28. The zero-order valence-corrected chi connectivity index (χ0v) is 19.0. The van der Waals surface area contributed by atoms with Crippen LogP contribution in [0.5, 0.6) is 0 Å². The van der Waals surface area contributed by atoms with Crippen molar-refractivity contribution >= 4 is 21.7 Å². The number of hydrogen-bond donors (Lipinski definition) is 1. The zero-order valence-electron chi connectivity index (χ0n) is 18.2. The van der Waals surface area contributed by atoms with Crippen molar-refractivity contribution in [2.24, 2.45) is 5.92 Å². The summed E-state index contributed by atoms with van der Waals surface area (Å²) >= 11 is 0. The quantitative estimate of drug-likeness (QED) is 0.664. The van der Waals surface area contributed by atoms with Crippen LogP contribution in [-0.4, -0.2) is 68.6 Å². The van der Waals surface area contributed by atoms with E-state index in [1.54, 1.807) is 12.1 Å². The van der Waals surface area contributed by atoms with Crippen LogP contribution in [0.15, 0.2) is 29.2 Å². The largest absolute Gasteiger partial charge is 0.354 e. The van der Waals surface area contributed by atoms with Crippen molar-refractivity contribution < 1.29 is 18.0 Å². The van der Waals surface area contributed by atoms with Gasteiger partial charge in [0.15, 0.2) is 5.78 Å². The molecular formula is C22H33N3O4S. The summed E-state index contributed by atoms with van der Waals surface area (Å²) in [7, 11) is 0.530. The van der Waals surface area contributed by atoms with Gasteiger partial charge in [-0.3, -0.25) is 9.59 Å². The maximum absolute atomic E-state index is 12.9. The van der Waals surface area contributed by atoms with Gasteiger partial charge in [0, 0.05) is 36.7 Å². The van der Waals surface area contributed by atoms with E-state index in [0.717, 1.165) is 12.8 Å². The van der Waals surface area contributed by atoms with Crippen LogP contribution >= 0.6 is 0 Å². The first-order valence-electron chi connectivity index (χ1n) is 10.7. The smallest absolute Gasteiger partial charge is 0.243 e. The molecule has 1 aliphatic carbocycles. The van der Waals surface area contributed by atoms with E-state index in [1.165, 1.54) is 36.2 Å². The van der Waals surface area contributed by atoms with Crippen molar-refractivity contribution in [3.8, 4) is 0 Å². The fourth-order valence-electron chi connectivity index (χ4n) is 4.58. The molecule has 0 bridgehead atoms. The Hall–Kier alpha value is -1.77. The van der Waals surface area contributed by atoms with E-state index >= 15 is 0 Å². The topological polar surface area (TPSA) is 86.8 Å². The summed E-state index contributed by atoms with van der Waals surface area (Å²) in [6, 6.07) is 6.04. The minimum atomic E-state index is -3.62. The molecule has 3 rings (SSSR count). The summed E-state index contributed by atoms with van der Waals surface area (Å²) in [5.41, 5.74) is 0.535. The van der Waals surface area contributed by atoms with E-state index in [0.29, 0.717) is 38.0 Å². The monoisotopic (exact) mass is 435 g/mol. The average molecular weight is 436 g/mol. The van der Waals surface area contributed by atoms with Gasteiger partial charge in [-0.1, -0.05) is 25.0 Å². The van der Waals surface area contributed by atoms with Gasteiger partial charge in [0.05, 0.1) is 4.90 Å². The van der Waals surface area contributed by atoms with Crippen LogP contribution in [-0.2, 0) is 14.8 Å². The molecule has 166 valence electrons. The fraction of sp³-hybridized carbons (Fsp3) is 0.636. The van der Waals surface area contributed by atoms with Gasteiger partial charge >= 0.3 is 0 Å². The van der Waals surface area contributed by atoms with Crippen LogP contribution in [0.25, 0.3) is 0 Å². The Morgan fingerprint density at radius 1 is 1.10 bits per heavy atom. The van der Waals surface area contributed by atoms with E-state index in [9.17, 15) is 18.0 Å². The molecule has 0 spiro atoms. The summed E-state index contributed by atoms with van der Waals surface area (Å²) in [4.78, 5) is 26.5. The molecule has 2 aliphatic rings. The van der Waals surface area contributed by atoms with Crippen LogP contribution in [0.4, 0.5) is 0 Å². The molecule has 0 unspecified atom stereocenters. The van der Waals surface area contributed by atoms with Gasteiger partial charge in [0.25, 0.3) is 0 Å². The second-order valence-electron chi connectivity index (χ2n) is 8.80. The first-order valence-corrected chi connectivity index (χ1v) is 12.2. The third kappa shape index (κ3) is 4.76. The second kappa shape index (κ2) is 9.16. The van der Waals surface area contributed by atoms with Crippen LogP contribution < -0.4 is 5.32 Å². The fourth-order valence-corrected chi connectivity index (χ4v) is 6.05. The predicted molar refractivity (Wildman–Crippen MR) is 116 cm³/mol. The number of carbonyl (C=O) groups excluding carboxylic acids is 2. The number of benzene rings is 1. The molecule has 2 fully saturated rings. The SMILES string of the molecule is CC(=O)c1ccc(S(=O)(=O)N2CCC(C(=O)NCC3(N(C)C)CCCC3)CC2)cc1. The molecule has 1 amide bonds. The Kier molecular flexibility index (Phi) is 6.99. The molecule has 1 N–H and O–H groups in total. The van der Waals surface area contributed by atoms with Gasteiger partial charge in [0.1, 0.15) is 0 Å². The van der Waals surface area contributed by atoms with Gasteiger partial charge < -0.3 is 10.2 Å². The summed E-state index contributed by atoms with van der Waals surface area (Å²) in [5, 5.41) is 3.14. The molecule has 0 aromatic heterocycles. The number of Topliss-reactive ketones (excluding diaryl/α,β-unsaturated/α-hetero) is 1. The molecule has 1 aromatic carbocycles. The average Bonchev–Trinajstić information content (AvgIpc) is 3.22. The first-order chi connectivity index (χ1) is 14.2. The Bertz CT molecular complexity index is 866. The van der Waals surface area contributed by atoms with E-state index in [2.05, 4.69) is 24.3 Å². The van der Waals surface area contributed by atoms with Crippen molar-refractivity contribution in [1.82, 2.24) is 14.5 Å². The molecule has 30 heavy (non-hydrogen) atoms. The normalized spacial score (nSPS) is 20.4. The standard InChI is InChI=1S/C22H33N3O4S/c1-17(26)18-6-8-20(9-7-18)30(28,29)25-14-10-19(11-15-25)21(27)23-16-22(24(2)3)12-4-5-13-22/h6-9,19H,4-5,10-16H2,1-3H3,(H,23,27).